The van der Waals surface area contributed by atoms with E-state index < -0.39 is 0 Å². The number of benzene rings is 1. The first kappa shape index (κ1) is 13.0. The fourth-order valence-electron chi connectivity index (χ4n) is 2.17. The van der Waals surface area contributed by atoms with Gasteiger partial charge in [0, 0.05) is 5.56 Å². The normalized spacial score (nSPS) is 12.5. The number of ketones is 1. The summed E-state index contributed by atoms with van der Waals surface area (Å²) in [6.45, 7) is 0.0855. The summed E-state index contributed by atoms with van der Waals surface area (Å²) < 4.78 is 16.0. The zero-order valence-electron chi connectivity index (χ0n) is 11.3. The van der Waals surface area contributed by atoms with E-state index in [0.717, 1.165) is 10.2 Å². The molecule has 0 aliphatic carbocycles. The molecule has 1 aliphatic rings. The minimum Gasteiger partial charge on any atom is -0.469 e. The van der Waals surface area contributed by atoms with Gasteiger partial charge in [0.25, 0.3) is 0 Å². The molecule has 1 aromatic carbocycles. The molecule has 3 aromatic rings. The monoisotopic (exact) mass is 314 g/mol. The molecule has 0 N–H and O–H groups in total. The molecular formula is C15H10N2O4S. The Kier molecular flexibility index (Phi) is 3.12. The van der Waals surface area contributed by atoms with Crippen molar-refractivity contribution in [3.63, 3.8) is 0 Å². The second kappa shape index (κ2) is 5.27. The van der Waals surface area contributed by atoms with Gasteiger partial charge in [0.15, 0.2) is 23.9 Å². The van der Waals surface area contributed by atoms with Crippen molar-refractivity contribution in [1.82, 2.24) is 9.97 Å². The molecule has 4 rings (SSSR count). The smallest absolute Gasteiger partial charge is 0.231 e. The molecule has 0 unspecified atom stereocenters. The summed E-state index contributed by atoms with van der Waals surface area (Å²) in [4.78, 5) is 21.3. The molecule has 0 atom stereocenters. The quantitative estimate of drug-likeness (QED) is 0.690. The average molecular weight is 314 g/mol. The van der Waals surface area contributed by atoms with E-state index in [2.05, 4.69) is 9.97 Å². The highest BCUT2D eigenvalue weighted by Gasteiger charge is 2.17. The van der Waals surface area contributed by atoms with Gasteiger partial charge in [0.2, 0.25) is 12.7 Å². The minimum atomic E-state index is -0.153. The van der Waals surface area contributed by atoms with E-state index in [-0.39, 0.29) is 19.2 Å². The zero-order valence-corrected chi connectivity index (χ0v) is 12.1. The van der Waals surface area contributed by atoms with Crippen molar-refractivity contribution in [3.8, 4) is 17.4 Å². The Morgan fingerprint density at radius 1 is 1.23 bits per heavy atom. The first-order chi connectivity index (χ1) is 10.8. The number of Topliss-reactive ketones (excluding diaryl/α,β-unsaturated/α-hetero) is 1. The Bertz CT molecular complexity index is 862. The molecule has 7 heteroatoms. The van der Waals surface area contributed by atoms with Gasteiger partial charge in [-0.1, -0.05) is 0 Å². The van der Waals surface area contributed by atoms with Crippen LogP contribution in [-0.2, 0) is 0 Å². The zero-order chi connectivity index (χ0) is 14.9. The summed E-state index contributed by atoms with van der Waals surface area (Å²) in [5, 5.41) is 2.72. The molecular weight excluding hydrogens is 304 g/mol. The van der Waals surface area contributed by atoms with Crippen LogP contribution in [0.3, 0.4) is 0 Å². The van der Waals surface area contributed by atoms with Gasteiger partial charge < -0.3 is 14.2 Å². The lowest BCUT2D eigenvalue weighted by Gasteiger charge is -2.06. The van der Waals surface area contributed by atoms with Crippen LogP contribution in [0.25, 0.3) is 10.2 Å². The lowest BCUT2D eigenvalue weighted by molar-refractivity contribution is 0.0919. The largest absolute Gasteiger partial charge is 0.469 e. The number of hydrogen-bond donors (Lipinski definition) is 0. The summed E-state index contributed by atoms with van der Waals surface area (Å²) in [5.41, 5.74) is 0.514. The Morgan fingerprint density at radius 2 is 2.14 bits per heavy atom. The van der Waals surface area contributed by atoms with E-state index in [0.29, 0.717) is 22.9 Å². The summed E-state index contributed by atoms with van der Waals surface area (Å²) in [6, 6.07) is 6.95. The number of fused-ring (bicyclic) bond motifs is 2. The van der Waals surface area contributed by atoms with E-state index in [1.165, 1.54) is 17.7 Å². The maximum atomic E-state index is 12.2. The number of aromatic nitrogens is 2. The summed E-state index contributed by atoms with van der Waals surface area (Å²) >= 11 is 1.50. The van der Waals surface area contributed by atoms with E-state index in [4.69, 9.17) is 14.2 Å². The molecule has 0 saturated carbocycles. The highest BCUT2D eigenvalue weighted by molar-refractivity contribution is 7.16. The maximum absolute atomic E-state index is 12.2. The molecule has 0 spiro atoms. The van der Waals surface area contributed by atoms with Gasteiger partial charge in [-0.25, -0.2) is 9.97 Å². The molecule has 0 amide bonds. The third-order valence-corrected chi connectivity index (χ3v) is 4.08. The van der Waals surface area contributed by atoms with Gasteiger partial charge in [-0.15, -0.1) is 11.3 Å². The van der Waals surface area contributed by atoms with Crippen LogP contribution in [-0.4, -0.2) is 29.2 Å². The predicted octanol–water partition coefficient (Wildman–Crippen LogP) is 2.68. The van der Waals surface area contributed by atoms with E-state index >= 15 is 0 Å². The first-order valence-electron chi connectivity index (χ1n) is 6.55. The molecule has 0 bridgehead atoms. The van der Waals surface area contributed by atoms with Gasteiger partial charge in [-0.3, -0.25) is 4.79 Å². The molecule has 1 aliphatic heterocycles. The fourth-order valence-corrected chi connectivity index (χ4v) is 2.89. The lowest BCUT2D eigenvalue weighted by atomic mass is 10.1. The standard InChI is InChI=1S/C15H10N2O4S/c18-11(9-1-2-12-13(5-9)21-8-20-12)6-19-14-10-3-4-22-15(10)17-7-16-14/h1-5,7H,6,8H2. The van der Waals surface area contributed by atoms with Crippen molar-refractivity contribution >= 4 is 27.3 Å². The molecule has 110 valence electrons. The number of hydrogen-bond acceptors (Lipinski definition) is 7. The van der Waals surface area contributed by atoms with Crippen LogP contribution < -0.4 is 14.2 Å². The number of carbonyl (C=O) groups excluding carboxylic acids is 1. The van der Waals surface area contributed by atoms with Crippen LogP contribution in [0.15, 0.2) is 36.0 Å². The van der Waals surface area contributed by atoms with Gasteiger partial charge in [0.1, 0.15) is 11.2 Å². The topological polar surface area (TPSA) is 70.5 Å². The Morgan fingerprint density at radius 3 is 3.09 bits per heavy atom. The number of ether oxygens (including phenoxy) is 3. The Labute approximate surface area is 129 Å². The minimum absolute atomic E-state index is 0.0956. The third-order valence-electron chi connectivity index (χ3n) is 3.26. The van der Waals surface area contributed by atoms with Crippen LogP contribution in [0.1, 0.15) is 10.4 Å². The molecule has 22 heavy (non-hydrogen) atoms. The van der Waals surface area contributed by atoms with Crippen molar-refractivity contribution in [2.24, 2.45) is 0 Å². The second-order valence-electron chi connectivity index (χ2n) is 4.60. The number of carbonyl (C=O) groups is 1. The van der Waals surface area contributed by atoms with Crippen molar-refractivity contribution in [2.45, 2.75) is 0 Å². The van der Waals surface area contributed by atoms with Crippen molar-refractivity contribution in [1.29, 1.82) is 0 Å². The number of thiophene rings is 1. The van der Waals surface area contributed by atoms with Gasteiger partial charge in [-0.05, 0) is 29.6 Å². The molecule has 0 radical (unpaired) electrons. The SMILES string of the molecule is O=C(COc1ncnc2sccc12)c1ccc2c(c1)OCO2. The van der Waals surface area contributed by atoms with Gasteiger partial charge >= 0.3 is 0 Å². The lowest BCUT2D eigenvalue weighted by Crippen LogP contribution is -2.12. The van der Waals surface area contributed by atoms with E-state index in [1.807, 2.05) is 11.4 Å². The summed E-state index contributed by atoms with van der Waals surface area (Å²) in [5.74, 6) is 1.49. The number of rotatable bonds is 4. The van der Waals surface area contributed by atoms with Crippen LogP contribution in [0, 0.1) is 0 Å². The average Bonchev–Trinajstić information content (AvgIpc) is 3.20. The third kappa shape index (κ3) is 2.25. The van der Waals surface area contributed by atoms with E-state index in [1.54, 1.807) is 18.2 Å². The van der Waals surface area contributed by atoms with Crippen LogP contribution in [0.2, 0.25) is 0 Å². The molecule has 6 nitrogen and oxygen atoms in total. The van der Waals surface area contributed by atoms with Crippen molar-refractivity contribution in [2.75, 3.05) is 13.4 Å². The fraction of sp³-hybridized carbons (Fsp3) is 0.133. The predicted molar refractivity (Wildman–Crippen MR) is 79.8 cm³/mol. The summed E-state index contributed by atoms with van der Waals surface area (Å²) in [7, 11) is 0. The highest BCUT2D eigenvalue weighted by atomic mass is 32.1. The van der Waals surface area contributed by atoms with Crippen molar-refractivity contribution in [3.05, 3.63) is 41.5 Å². The Hall–Kier alpha value is -2.67. The Balaban J connectivity index is 1.52. The summed E-state index contributed by atoms with van der Waals surface area (Å²) in [6.07, 6.45) is 1.43. The number of nitrogens with zero attached hydrogens (tertiary/aromatic N) is 2. The van der Waals surface area contributed by atoms with Crippen LogP contribution in [0.5, 0.6) is 17.4 Å². The molecule has 3 heterocycles. The maximum Gasteiger partial charge on any atom is 0.231 e. The van der Waals surface area contributed by atoms with Crippen LogP contribution in [0.4, 0.5) is 0 Å². The first-order valence-corrected chi connectivity index (χ1v) is 7.43. The van der Waals surface area contributed by atoms with Gasteiger partial charge in [-0.2, -0.15) is 0 Å². The molecule has 2 aromatic heterocycles. The van der Waals surface area contributed by atoms with E-state index in [9.17, 15) is 4.79 Å². The molecule has 0 saturated heterocycles. The highest BCUT2D eigenvalue weighted by Crippen LogP contribution is 2.32. The van der Waals surface area contributed by atoms with Crippen molar-refractivity contribution < 1.29 is 19.0 Å². The van der Waals surface area contributed by atoms with Crippen LogP contribution >= 0.6 is 11.3 Å². The second-order valence-corrected chi connectivity index (χ2v) is 5.49. The molecule has 0 fully saturated rings. The van der Waals surface area contributed by atoms with Gasteiger partial charge in [0.05, 0.1) is 5.39 Å².